The van der Waals surface area contributed by atoms with Gasteiger partial charge in [0.2, 0.25) is 11.9 Å². The number of halogens is 1. The average Bonchev–Trinajstić information content (AvgIpc) is 3.88. The van der Waals surface area contributed by atoms with Gasteiger partial charge in [0.1, 0.15) is 23.1 Å². The van der Waals surface area contributed by atoms with Gasteiger partial charge in [0.05, 0.1) is 30.2 Å². The smallest absolute Gasteiger partial charge is 0.253 e. The highest BCUT2D eigenvalue weighted by Crippen LogP contribution is 2.40. The van der Waals surface area contributed by atoms with E-state index in [0.29, 0.717) is 39.5 Å². The molecule has 2 saturated heterocycles. The van der Waals surface area contributed by atoms with Crippen molar-refractivity contribution in [3.05, 3.63) is 102 Å². The molecule has 4 aromatic rings. The highest BCUT2D eigenvalue weighted by atomic mass is 35.5. The molecule has 2 amide bonds. The van der Waals surface area contributed by atoms with Crippen LogP contribution in [0.15, 0.2) is 85.6 Å². The number of nitrogens with one attached hydrogen (secondary N) is 5. The first-order chi connectivity index (χ1) is 23.7. The molecule has 3 aromatic carbocycles. The number of piperidine rings is 1. The minimum absolute atomic E-state index is 0.0156. The molecule has 0 bridgehead atoms. The maximum absolute atomic E-state index is 12.3. The lowest BCUT2D eigenvalue weighted by atomic mass is 9.89. The number of methoxy groups -OCH3 is 1. The van der Waals surface area contributed by atoms with Gasteiger partial charge >= 0.3 is 0 Å². The number of epoxide rings is 1. The van der Waals surface area contributed by atoms with E-state index in [4.69, 9.17) is 21.1 Å². The Morgan fingerprint density at radius 1 is 1.06 bits per heavy atom. The topological polar surface area (TPSA) is 145 Å². The van der Waals surface area contributed by atoms with Crippen molar-refractivity contribution < 1.29 is 19.1 Å². The lowest BCUT2D eigenvalue weighted by Crippen LogP contribution is -2.52. The summed E-state index contributed by atoms with van der Waals surface area (Å²) in [7, 11) is 3.21. The third-order valence-corrected chi connectivity index (χ3v) is 9.01. The second-order valence-electron chi connectivity index (χ2n) is 12.1. The molecular weight excluding hydrogens is 644 g/mol. The van der Waals surface area contributed by atoms with Gasteiger partial charge < -0.3 is 35.6 Å². The Kier molecular flexibility index (Phi) is 10.00. The molecule has 2 unspecified atom stereocenters. The lowest BCUT2D eigenvalue weighted by Gasteiger charge is -2.41. The standard InChI is InChI=1S/C36H39ClN8O4/c1-5-30(46)40-23-12-10-22(11-13-23)31-34(49-31)44-36(2)16-18-45(19-17-36)24-14-15-28(29(20-24)48-4)42-35-39-21-26(37)32(43-35)41-27-9-7-6-8-25(27)33(47)38-3/h5-15,20-21,31,34,44H,1,16-19H2,2-4H3,(H,38,47)(H,40,46)(H2,39,41,42,43). The normalized spacial score (nSPS) is 17.8. The Bertz CT molecular complexity index is 1850. The Hall–Kier alpha value is -5.17. The summed E-state index contributed by atoms with van der Waals surface area (Å²) in [4.78, 5) is 35.2. The number of nitrogens with zero attached hydrogens (tertiary/aromatic N) is 3. The third-order valence-electron chi connectivity index (χ3n) is 8.73. The van der Waals surface area contributed by atoms with E-state index >= 15 is 0 Å². The van der Waals surface area contributed by atoms with E-state index in [9.17, 15) is 9.59 Å². The highest BCUT2D eigenvalue weighted by Gasteiger charge is 2.45. The molecule has 12 nitrogen and oxygen atoms in total. The number of anilines is 6. The van der Waals surface area contributed by atoms with Crippen LogP contribution in [0, 0.1) is 0 Å². The summed E-state index contributed by atoms with van der Waals surface area (Å²) in [5, 5.41) is 15.8. The Morgan fingerprint density at radius 3 is 2.53 bits per heavy atom. The molecule has 0 spiro atoms. The second-order valence-corrected chi connectivity index (χ2v) is 12.5. The van der Waals surface area contributed by atoms with E-state index in [-0.39, 0.29) is 29.7 Å². The maximum atomic E-state index is 12.3. The van der Waals surface area contributed by atoms with Crippen LogP contribution in [0.4, 0.5) is 34.5 Å². The Morgan fingerprint density at radius 2 is 1.82 bits per heavy atom. The number of amides is 2. The monoisotopic (exact) mass is 682 g/mol. The average molecular weight is 683 g/mol. The molecule has 0 aliphatic carbocycles. The van der Waals surface area contributed by atoms with E-state index in [1.807, 2.05) is 42.5 Å². The van der Waals surface area contributed by atoms with Gasteiger partial charge in [-0.25, -0.2) is 4.98 Å². The van der Waals surface area contributed by atoms with Crippen molar-refractivity contribution in [1.29, 1.82) is 0 Å². The highest BCUT2D eigenvalue weighted by molar-refractivity contribution is 6.33. The molecule has 0 saturated carbocycles. The van der Waals surface area contributed by atoms with Crippen LogP contribution in [-0.4, -0.2) is 60.8 Å². The summed E-state index contributed by atoms with van der Waals surface area (Å²) in [5.74, 6) is 0.843. The van der Waals surface area contributed by atoms with Crippen LogP contribution in [0.5, 0.6) is 5.75 Å². The number of rotatable bonds is 12. The van der Waals surface area contributed by atoms with Gasteiger partial charge in [-0.3, -0.25) is 14.9 Å². The molecule has 3 heterocycles. The SMILES string of the molecule is C=CC(=O)Nc1ccc(C2OC2NC2(C)CCN(c3ccc(Nc4ncc(Cl)c(Nc5ccccc5C(=O)NC)n4)c(OC)c3)CC2)cc1. The zero-order valence-electron chi connectivity index (χ0n) is 27.5. The van der Waals surface area contributed by atoms with Gasteiger partial charge in [-0.15, -0.1) is 0 Å². The van der Waals surface area contributed by atoms with Crippen molar-refractivity contribution in [3.8, 4) is 5.75 Å². The number of carbonyl (C=O) groups excluding carboxylic acids is 2. The van der Waals surface area contributed by atoms with Crippen LogP contribution in [0.3, 0.4) is 0 Å². The minimum Gasteiger partial charge on any atom is -0.494 e. The predicted octanol–water partition coefficient (Wildman–Crippen LogP) is 6.16. The molecular formula is C36H39ClN8O4. The fraction of sp³-hybridized carbons (Fsp3) is 0.278. The number of benzene rings is 3. The van der Waals surface area contributed by atoms with Gasteiger partial charge in [0, 0.05) is 43.1 Å². The Labute approximate surface area is 290 Å². The Balaban J connectivity index is 1.06. The number of para-hydroxylation sites is 1. The molecule has 2 aliphatic heterocycles. The minimum atomic E-state index is -0.237. The van der Waals surface area contributed by atoms with Gasteiger partial charge in [0.25, 0.3) is 5.91 Å². The fourth-order valence-corrected chi connectivity index (χ4v) is 5.98. The quantitative estimate of drug-likeness (QED) is 0.0871. The van der Waals surface area contributed by atoms with Crippen LogP contribution >= 0.6 is 11.6 Å². The summed E-state index contributed by atoms with van der Waals surface area (Å²) in [6.07, 6.45) is 4.56. The van der Waals surface area contributed by atoms with Crippen molar-refractivity contribution in [3.63, 3.8) is 0 Å². The van der Waals surface area contributed by atoms with Crippen molar-refractivity contribution in [2.24, 2.45) is 0 Å². The van der Waals surface area contributed by atoms with E-state index < -0.39 is 0 Å². The van der Waals surface area contributed by atoms with Crippen molar-refractivity contribution in [2.75, 3.05) is 48.1 Å². The molecule has 5 N–H and O–H groups in total. The van der Waals surface area contributed by atoms with Gasteiger partial charge in [0.15, 0.2) is 5.82 Å². The van der Waals surface area contributed by atoms with Crippen LogP contribution in [0.2, 0.25) is 5.02 Å². The van der Waals surface area contributed by atoms with E-state index in [0.717, 1.165) is 42.9 Å². The maximum Gasteiger partial charge on any atom is 0.253 e. The molecule has 1 aromatic heterocycles. The van der Waals surface area contributed by atoms with Gasteiger partial charge in [-0.05, 0) is 67.8 Å². The van der Waals surface area contributed by atoms with Crippen LogP contribution < -0.4 is 36.2 Å². The first-order valence-electron chi connectivity index (χ1n) is 16.0. The van der Waals surface area contributed by atoms with E-state index in [2.05, 4.69) is 61.0 Å². The van der Waals surface area contributed by atoms with Crippen LogP contribution in [0.1, 0.15) is 41.8 Å². The van der Waals surface area contributed by atoms with Gasteiger partial charge in [-0.2, -0.15) is 4.98 Å². The summed E-state index contributed by atoms with van der Waals surface area (Å²) in [5.41, 5.74) is 4.50. The third kappa shape index (κ3) is 7.94. The number of carbonyl (C=O) groups is 2. The van der Waals surface area contributed by atoms with Crippen LogP contribution in [0.25, 0.3) is 0 Å². The summed E-state index contributed by atoms with van der Waals surface area (Å²) >= 11 is 6.42. The largest absolute Gasteiger partial charge is 0.494 e. The molecule has 2 fully saturated rings. The molecule has 13 heteroatoms. The molecule has 254 valence electrons. The number of aromatic nitrogens is 2. The van der Waals surface area contributed by atoms with E-state index in [1.165, 1.54) is 12.3 Å². The molecule has 6 rings (SSSR count). The van der Waals surface area contributed by atoms with Crippen LogP contribution in [-0.2, 0) is 9.53 Å². The van der Waals surface area contributed by atoms with Crippen molar-refractivity contribution >= 4 is 57.9 Å². The molecule has 2 aliphatic rings. The zero-order chi connectivity index (χ0) is 34.5. The molecule has 2 atom stereocenters. The fourth-order valence-electron chi connectivity index (χ4n) is 5.84. The summed E-state index contributed by atoms with van der Waals surface area (Å²) < 4.78 is 11.7. The number of hydrogen-bond donors (Lipinski definition) is 5. The predicted molar refractivity (Wildman–Crippen MR) is 192 cm³/mol. The lowest BCUT2D eigenvalue weighted by molar-refractivity contribution is -0.111. The molecule has 49 heavy (non-hydrogen) atoms. The zero-order valence-corrected chi connectivity index (χ0v) is 28.3. The van der Waals surface area contributed by atoms with E-state index in [1.54, 1.807) is 32.4 Å². The summed E-state index contributed by atoms with van der Waals surface area (Å²) in [6, 6.07) is 20.8. The molecule has 0 radical (unpaired) electrons. The summed E-state index contributed by atoms with van der Waals surface area (Å²) in [6.45, 7) is 7.46. The number of hydrogen-bond acceptors (Lipinski definition) is 10. The van der Waals surface area contributed by atoms with Gasteiger partial charge in [-0.1, -0.05) is 42.4 Å². The first kappa shape index (κ1) is 33.7. The van der Waals surface area contributed by atoms with Crippen molar-refractivity contribution in [2.45, 2.75) is 37.6 Å². The second kappa shape index (κ2) is 14.5. The number of ether oxygens (including phenoxy) is 2. The first-order valence-corrected chi connectivity index (χ1v) is 16.3. The van der Waals surface area contributed by atoms with Crippen molar-refractivity contribution in [1.82, 2.24) is 20.6 Å².